The molecular weight excluding hydrogens is 314 g/mol. The number of aliphatic hydroxyl groups is 1. The second-order valence-electron chi connectivity index (χ2n) is 5.56. The molecule has 1 heterocycles. The molecule has 6 heteroatoms. The van der Waals surface area contributed by atoms with E-state index in [0.29, 0.717) is 17.4 Å². The number of halogens is 2. The summed E-state index contributed by atoms with van der Waals surface area (Å²) in [5.41, 5.74) is 1.02. The molecule has 0 radical (unpaired) electrons. The van der Waals surface area contributed by atoms with Gasteiger partial charge in [-0.15, -0.1) is 0 Å². The molecule has 1 N–H and O–H groups in total. The van der Waals surface area contributed by atoms with E-state index in [1.54, 1.807) is 25.3 Å². The van der Waals surface area contributed by atoms with Gasteiger partial charge in [0.1, 0.15) is 11.6 Å². The maximum absolute atomic E-state index is 13.8. The summed E-state index contributed by atoms with van der Waals surface area (Å²) in [5.74, 6) is -1.55. The van der Waals surface area contributed by atoms with Gasteiger partial charge in [0.15, 0.2) is 0 Å². The third-order valence-corrected chi connectivity index (χ3v) is 3.84. The average Bonchev–Trinajstić information content (AvgIpc) is 2.82. The first kappa shape index (κ1) is 16.1. The van der Waals surface area contributed by atoms with Crippen LogP contribution in [0.3, 0.4) is 0 Å². The Morgan fingerprint density at radius 1 is 1.12 bits per heavy atom. The Kier molecular flexibility index (Phi) is 4.31. The number of hydrogen-bond donors (Lipinski definition) is 1. The minimum Gasteiger partial charge on any atom is -0.386 e. The standard InChI is InChI=1S/C18H16F2N2O2/c1-12-10-21(18(24)22(12)14-5-3-2-4-6-14)11-17(23)15-8-7-13(19)9-16(15)20/h2-10,17,23H,11H2,1H3. The van der Waals surface area contributed by atoms with Crippen molar-refractivity contribution in [2.24, 2.45) is 0 Å². The SMILES string of the molecule is Cc1cn(CC(O)c2ccc(F)cc2F)c(=O)n1-c1ccccc1. The Morgan fingerprint density at radius 3 is 2.50 bits per heavy atom. The summed E-state index contributed by atoms with van der Waals surface area (Å²) in [7, 11) is 0. The van der Waals surface area contributed by atoms with E-state index >= 15 is 0 Å². The fourth-order valence-corrected chi connectivity index (χ4v) is 2.70. The van der Waals surface area contributed by atoms with E-state index in [9.17, 15) is 18.7 Å². The quantitative estimate of drug-likeness (QED) is 0.799. The molecular formula is C18H16F2N2O2. The van der Waals surface area contributed by atoms with Crippen LogP contribution in [-0.4, -0.2) is 14.2 Å². The molecule has 1 unspecified atom stereocenters. The maximum Gasteiger partial charge on any atom is 0.333 e. The molecule has 0 amide bonds. The monoisotopic (exact) mass is 330 g/mol. The van der Waals surface area contributed by atoms with E-state index in [4.69, 9.17) is 0 Å². The molecule has 0 aliphatic carbocycles. The lowest BCUT2D eigenvalue weighted by Gasteiger charge is -2.12. The normalized spacial score (nSPS) is 12.3. The highest BCUT2D eigenvalue weighted by Gasteiger charge is 2.17. The zero-order chi connectivity index (χ0) is 17.3. The lowest BCUT2D eigenvalue weighted by atomic mass is 10.1. The molecule has 2 aromatic carbocycles. The number of aromatic nitrogens is 2. The lowest BCUT2D eigenvalue weighted by Crippen LogP contribution is -2.25. The molecule has 0 saturated heterocycles. The molecule has 0 aliphatic heterocycles. The van der Waals surface area contributed by atoms with E-state index in [1.807, 2.05) is 18.2 Å². The van der Waals surface area contributed by atoms with Crippen molar-refractivity contribution >= 4 is 0 Å². The zero-order valence-electron chi connectivity index (χ0n) is 13.0. The molecule has 0 spiro atoms. The summed E-state index contributed by atoms with van der Waals surface area (Å²) in [5, 5.41) is 10.2. The Labute approximate surface area is 137 Å². The number of aryl methyl sites for hydroxylation is 1. The highest BCUT2D eigenvalue weighted by atomic mass is 19.1. The topological polar surface area (TPSA) is 47.2 Å². The van der Waals surface area contributed by atoms with Crippen LogP contribution in [0.1, 0.15) is 17.4 Å². The van der Waals surface area contributed by atoms with Crippen LogP contribution in [0.25, 0.3) is 5.69 Å². The van der Waals surface area contributed by atoms with E-state index in [-0.39, 0.29) is 17.8 Å². The minimum absolute atomic E-state index is 0.0478. The highest BCUT2D eigenvalue weighted by Crippen LogP contribution is 2.20. The maximum atomic E-state index is 13.8. The molecule has 0 aliphatic rings. The molecule has 124 valence electrons. The third-order valence-electron chi connectivity index (χ3n) is 3.84. The Hall–Kier alpha value is -2.73. The summed E-state index contributed by atoms with van der Waals surface area (Å²) in [6.45, 7) is 1.65. The molecule has 1 atom stereocenters. The summed E-state index contributed by atoms with van der Waals surface area (Å²) in [4.78, 5) is 12.6. The first-order valence-corrected chi connectivity index (χ1v) is 7.44. The smallest absolute Gasteiger partial charge is 0.333 e. The number of para-hydroxylation sites is 1. The molecule has 24 heavy (non-hydrogen) atoms. The second kappa shape index (κ2) is 6.41. The number of rotatable bonds is 4. The van der Waals surface area contributed by atoms with E-state index in [0.717, 1.165) is 6.07 Å². The number of hydrogen-bond acceptors (Lipinski definition) is 2. The fourth-order valence-electron chi connectivity index (χ4n) is 2.70. The van der Waals surface area contributed by atoms with Crippen LogP contribution >= 0.6 is 0 Å². The number of imidazole rings is 1. The predicted octanol–water partition coefficient (Wildman–Crippen LogP) is 2.96. The van der Waals surface area contributed by atoms with Crippen LogP contribution in [0.2, 0.25) is 0 Å². The van der Waals surface area contributed by atoms with Gasteiger partial charge >= 0.3 is 5.69 Å². The van der Waals surface area contributed by atoms with Crippen LogP contribution in [0.15, 0.2) is 59.5 Å². The predicted molar refractivity (Wildman–Crippen MR) is 86.1 cm³/mol. The Morgan fingerprint density at radius 2 is 1.83 bits per heavy atom. The number of benzene rings is 2. The Bertz CT molecular complexity index is 917. The summed E-state index contributed by atoms with van der Waals surface area (Å²) >= 11 is 0. The second-order valence-corrected chi connectivity index (χ2v) is 5.56. The molecule has 0 fully saturated rings. The van der Waals surface area contributed by atoms with Crippen molar-refractivity contribution in [2.75, 3.05) is 0 Å². The average molecular weight is 330 g/mol. The first-order chi connectivity index (χ1) is 11.5. The third kappa shape index (κ3) is 3.00. The zero-order valence-corrected chi connectivity index (χ0v) is 13.0. The van der Waals surface area contributed by atoms with Crippen LogP contribution in [-0.2, 0) is 6.54 Å². The van der Waals surface area contributed by atoms with Gasteiger partial charge in [-0.1, -0.05) is 24.3 Å². The van der Waals surface area contributed by atoms with Gasteiger partial charge in [-0.05, 0) is 25.1 Å². The van der Waals surface area contributed by atoms with Gasteiger partial charge in [0.25, 0.3) is 0 Å². The summed E-state index contributed by atoms with van der Waals surface area (Å²) < 4.78 is 29.5. The van der Waals surface area contributed by atoms with Crippen LogP contribution in [0, 0.1) is 18.6 Å². The van der Waals surface area contributed by atoms with Crippen LogP contribution < -0.4 is 5.69 Å². The van der Waals surface area contributed by atoms with Gasteiger partial charge in [0.05, 0.1) is 18.3 Å². The van der Waals surface area contributed by atoms with Gasteiger partial charge in [-0.2, -0.15) is 0 Å². The van der Waals surface area contributed by atoms with Crippen LogP contribution in [0.5, 0.6) is 0 Å². The molecule has 4 nitrogen and oxygen atoms in total. The summed E-state index contributed by atoms with van der Waals surface area (Å²) in [6.07, 6.45) is 0.342. The largest absolute Gasteiger partial charge is 0.386 e. The van der Waals surface area contributed by atoms with Gasteiger partial charge in [-0.3, -0.25) is 9.13 Å². The molecule has 0 saturated carbocycles. The van der Waals surface area contributed by atoms with E-state index in [1.165, 1.54) is 15.2 Å². The van der Waals surface area contributed by atoms with Crippen molar-refractivity contribution in [1.82, 2.24) is 9.13 Å². The van der Waals surface area contributed by atoms with Gasteiger partial charge < -0.3 is 5.11 Å². The van der Waals surface area contributed by atoms with Gasteiger partial charge in [0.2, 0.25) is 0 Å². The van der Waals surface area contributed by atoms with Crippen molar-refractivity contribution in [1.29, 1.82) is 0 Å². The first-order valence-electron chi connectivity index (χ1n) is 7.44. The van der Waals surface area contributed by atoms with Gasteiger partial charge in [-0.25, -0.2) is 13.6 Å². The molecule has 0 bridgehead atoms. The van der Waals surface area contributed by atoms with Crippen molar-refractivity contribution in [2.45, 2.75) is 19.6 Å². The van der Waals surface area contributed by atoms with E-state index in [2.05, 4.69) is 0 Å². The number of nitrogens with zero attached hydrogens (tertiary/aromatic N) is 2. The van der Waals surface area contributed by atoms with E-state index < -0.39 is 17.7 Å². The molecule has 3 aromatic rings. The highest BCUT2D eigenvalue weighted by molar-refractivity contribution is 5.33. The Balaban J connectivity index is 1.93. The lowest BCUT2D eigenvalue weighted by molar-refractivity contribution is 0.150. The van der Waals surface area contributed by atoms with Crippen molar-refractivity contribution in [3.8, 4) is 5.69 Å². The minimum atomic E-state index is -1.26. The van der Waals surface area contributed by atoms with Gasteiger partial charge in [0, 0.05) is 23.5 Å². The van der Waals surface area contributed by atoms with Crippen molar-refractivity contribution in [3.05, 3.63) is 88.1 Å². The summed E-state index contributed by atoms with van der Waals surface area (Å²) in [6, 6.07) is 12.1. The van der Waals surface area contributed by atoms with Crippen molar-refractivity contribution < 1.29 is 13.9 Å². The fraction of sp³-hybridized carbons (Fsp3) is 0.167. The molecule has 3 rings (SSSR count). The van der Waals surface area contributed by atoms with Crippen molar-refractivity contribution in [3.63, 3.8) is 0 Å². The number of aliphatic hydroxyl groups excluding tert-OH is 1. The van der Waals surface area contributed by atoms with Crippen LogP contribution in [0.4, 0.5) is 8.78 Å². The molecule has 1 aromatic heterocycles.